The number of rotatable bonds is 5. The third kappa shape index (κ3) is 4.39. The Hall–Kier alpha value is -2.55. The molecule has 150 valence electrons. The van der Waals surface area contributed by atoms with Gasteiger partial charge in [-0.2, -0.15) is 0 Å². The van der Waals surface area contributed by atoms with Crippen molar-refractivity contribution in [3.63, 3.8) is 0 Å². The van der Waals surface area contributed by atoms with E-state index in [1.165, 1.54) is 16.4 Å². The largest absolute Gasteiger partial charge is 0.378 e. The van der Waals surface area contributed by atoms with Gasteiger partial charge in [-0.25, -0.2) is 4.68 Å². The number of hydrogen-bond acceptors (Lipinski definition) is 6. The van der Waals surface area contributed by atoms with Crippen molar-refractivity contribution >= 4 is 29.3 Å². The summed E-state index contributed by atoms with van der Waals surface area (Å²) in [5, 5.41) is 9.06. The maximum atomic E-state index is 13.3. The molecule has 1 amide bonds. The summed E-state index contributed by atoms with van der Waals surface area (Å²) in [7, 11) is 0. The van der Waals surface area contributed by atoms with Crippen LogP contribution in [0, 0.1) is 0 Å². The van der Waals surface area contributed by atoms with Gasteiger partial charge in [-0.1, -0.05) is 53.7 Å². The van der Waals surface area contributed by atoms with Gasteiger partial charge in [0.05, 0.1) is 13.2 Å². The Balaban J connectivity index is 1.62. The number of hydrogen-bond donors (Lipinski definition) is 1. The lowest BCUT2D eigenvalue weighted by Gasteiger charge is -2.30. The third-order valence-electron chi connectivity index (χ3n) is 4.64. The van der Waals surface area contributed by atoms with Gasteiger partial charge in [0.15, 0.2) is 5.82 Å². The molecule has 7 nitrogen and oxygen atoms in total. The van der Waals surface area contributed by atoms with Gasteiger partial charge in [-0.05, 0) is 29.8 Å². The summed E-state index contributed by atoms with van der Waals surface area (Å²) < 4.78 is 6.79. The Labute approximate surface area is 177 Å². The SMILES string of the molecule is Nn1c(S[C@@H](C(=O)N2CCOCC2)c2ccccc2)nnc1-c1ccc(Cl)cc1. The van der Waals surface area contributed by atoms with Crippen molar-refractivity contribution in [1.29, 1.82) is 0 Å². The lowest BCUT2D eigenvalue weighted by molar-refractivity contribution is -0.134. The van der Waals surface area contributed by atoms with E-state index in [2.05, 4.69) is 10.2 Å². The molecule has 1 saturated heterocycles. The number of nitrogens with two attached hydrogens (primary N) is 1. The Morgan fingerprint density at radius 2 is 1.76 bits per heavy atom. The van der Waals surface area contributed by atoms with E-state index in [4.69, 9.17) is 22.2 Å². The van der Waals surface area contributed by atoms with E-state index in [9.17, 15) is 4.79 Å². The maximum Gasteiger partial charge on any atom is 0.240 e. The highest BCUT2D eigenvalue weighted by atomic mass is 35.5. The van der Waals surface area contributed by atoms with E-state index in [0.29, 0.717) is 42.3 Å². The van der Waals surface area contributed by atoms with Crippen LogP contribution in [0.5, 0.6) is 0 Å². The number of thioether (sulfide) groups is 1. The average Bonchev–Trinajstić information content (AvgIpc) is 3.13. The summed E-state index contributed by atoms with van der Waals surface area (Å²) in [6, 6.07) is 16.8. The van der Waals surface area contributed by atoms with Gasteiger partial charge in [-0.15, -0.1) is 10.2 Å². The molecule has 2 heterocycles. The first-order valence-corrected chi connectivity index (χ1v) is 10.4. The smallest absolute Gasteiger partial charge is 0.240 e. The second kappa shape index (κ2) is 8.86. The number of nitrogens with zero attached hydrogens (tertiary/aromatic N) is 4. The first-order valence-electron chi connectivity index (χ1n) is 9.18. The fourth-order valence-electron chi connectivity index (χ4n) is 3.10. The highest BCUT2D eigenvalue weighted by Crippen LogP contribution is 2.36. The van der Waals surface area contributed by atoms with Crippen molar-refractivity contribution < 1.29 is 9.53 Å². The molecule has 0 saturated carbocycles. The predicted molar refractivity (Wildman–Crippen MR) is 113 cm³/mol. The van der Waals surface area contributed by atoms with Crippen molar-refractivity contribution in [2.75, 3.05) is 32.1 Å². The molecule has 1 fully saturated rings. The van der Waals surface area contributed by atoms with Crippen molar-refractivity contribution in [3.8, 4) is 11.4 Å². The number of carbonyl (C=O) groups excluding carboxylic acids is 1. The van der Waals surface area contributed by atoms with Crippen molar-refractivity contribution in [2.24, 2.45) is 0 Å². The zero-order valence-corrected chi connectivity index (χ0v) is 17.1. The molecule has 1 aromatic heterocycles. The molecule has 0 aliphatic carbocycles. The number of benzene rings is 2. The first-order chi connectivity index (χ1) is 14.1. The monoisotopic (exact) mass is 429 g/mol. The Morgan fingerprint density at radius 1 is 1.07 bits per heavy atom. The van der Waals surface area contributed by atoms with E-state index in [1.807, 2.05) is 47.4 Å². The third-order valence-corrected chi connectivity index (χ3v) is 6.09. The number of carbonyl (C=O) groups is 1. The molecule has 9 heteroatoms. The van der Waals surface area contributed by atoms with Crippen LogP contribution in [-0.2, 0) is 9.53 Å². The standard InChI is InChI=1S/C20H20ClN5O2S/c21-16-8-6-15(7-9-16)18-23-24-20(26(18)22)29-17(14-4-2-1-3-5-14)19(27)25-10-12-28-13-11-25/h1-9,17H,10-13,22H2/t17-/m1/s1. The Kier molecular flexibility index (Phi) is 6.03. The molecule has 2 aromatic carbocycles. The second-order valence-electron chi connectivity index (χ2n) is 6.53. The molecule has 1 aliphatic heterocycles. The van der Waals surface area contributed by atoms with Crippen molar-refractivity contribution in [1.82, 2.24) is 19.8 Å². The molecule has 1 atom stereocenters. The van der Waals surface area contributed by atoms with Crippen LogP contribution in [-0.4, -0.2) is 52.0 Å². The predicted octanol–water partition coefficient (Wildman–Crippen LogP) is 3.00. The first kappa shape index (κ1) is 19.8. The molecule has 0 bridgehead atoms. The molecule has 1 aliphatic rings. The van der Waals surface area contributed by atoms with Crippen LogP contribution in [0.1, 0.15) is 10.8 Å². The summed E-state index contributed by atoms with van der Waals surface area (Å²) in [5.74, 6) is 6.79. The zero-order valence-electron chi connectivity index (χ0n) is 15.6. The molecule has 0 spiro atoms. The van der Waals surface area contributed by atoms with Crippen molar-refractivity contribution in [3.05, 3.63) is 65.2 Å². The maximum absolute atomic E-state index is 13.3. The summed E-state index contributed by atoms with van der Waals surface area (Å²) in [6.45, 7) is 2.25. The Bertz CT molecular complexity index is 974. The molecular formula is C20H20ClN5O2S. The topological polar surface area (TPSA) is 86.3 Å². The Morgan fingerprint density at radius 3 is 2.45 bits per heavy atom. The van der Waals surface area contributed by atoms with E-state index in [0.717, 1.165) is 11.1 Å². The minimum Gasteiger partial charge on any atom is -0.378 e. The lowest BCUT2D eigenvalue weighted by Crippen LogP contribution is -2.42. The minimum atomic E-state index is -0.473. The van der Waals surface area contributed by atoms with Crippen LogP contribution in [0.4, 0.5) is 0 Å². The zero-order chi connectivity index (χ0) is 20.2. The van der Waals surface area contributed by atoms with Crippen LogP contribution < -0.4 is 5.84 Å². The van der Waals surface area contributed by atoms with Crippen LogP contribution in [0.3, 0.4) is 0 Å². The fourth-order valence-corrected chi connectivity index (χ4v) is 4.26. The highest BCUT2D eigenvalue weighted by molar-refractivity contribution is 8.00. The van der Waals surface area contributed by atoms with E-state index < -0.39 is 5.25 Å². The van der Waals surface area contributed by atoms with E-state index in [-0.39, 0.29) is 5.91 Å². The summed E-state index contributed by atoms with van der Waals surface area (Å²) in [5.41, 5.74) is 1.69. The van der Waals surface area contributed by atoms with Gasteiger partial charge in [-0.3, -0.25) is 4.79 Å². The highest BCUT2D eigenvalue weighted by Gasteiger charge is 2.30. The second-order valence-corrected chi connectivity index (χ2v) is 8.04. The number of aromatic nitrogens is 3. The average molecular weight is 430 g/mol. The molecule has 4 rings (SSSR count). The van der Waals surface area contributed by atoms with Gasteiger partial charge in [0.1, 0.15) is 5.25 Å². The van der Waals surface area contributed by atoms with Crippen molar-refractivity contribution in [2.45, 2.75) is 10.4 Å². The number of morpholine rings is 1. The van der Waals surface area contributed by atoms with E-state index in [1.54, 1.807) is 12.1 Å². The lowest BCUT2D eigenvalue weighted by atomic mass is 10.1. The van der Waals surface area contributed by atoms with Gasteiger partial charge < -0.3 is 15.5 Å². The van der Waals surface area contributed by atoms with E-state index >= 15 is 0 Å². The van der Waals surface area contributed by atoms with Crippen LogP contribution in [0.15, 0.2) is 59.8 Å². The summed E-state index contributed by atoms with van der Waals surface area (Å²) in [6.07, 6.45) is 0. The quantitative estimate of drug-likeness (QED) is 0.495. The van der Waals surface area contributed by atoms with Gasteiger partial charge >= 0.3 is 0 Å². The van der Waals surface area contributed by atoms with Gasteiger partial charge in [0, 0.05) is 23.7 Å². The minimum absolute atomic E-state index is 0.0144. The molecule has 29 heavy (non-hydrogen) atoms. The van der Waals surface area contributed by atoms with Crippen LogP contribution >= 0.6 is 23.4 Å². The normalized spacial score (nSPS) is 15.3. The number of amides is 1. The summed E-state index contributed by atoms with van der Waals surface area (Å²) in [4.78, 5) is 15.1. The number of halogens is 1. The fraction of sp³-hybridized carbons (Fsp3) is 0.250. The van der Waals surface area contributed by atoms with Crippen LogP contribution in [0.25, 0.3) is 11.4 Å². The summed E-state index contributed by atoms with van der Waals surface area (Å²) >= 11 is 7.26. The number of nitrogen functional groups attached to an aromatic ring is 1. The van der Waals surface area contributed by atoms with Crippen LogP contribution in [0.2, 0.25) is 5.02 Å². The molecule has 3 aromatic rings. The molecule has 2 N–H and O–H groups in total. The van der Waals surface area contributed by atoms with Gasteiger partial charge in [0.25, 0.3) is 0 Å². The molecular weight excluding hydrogens is 410 g/mol. The molecule has 0 unspecified atom stereocenters. The molecule has 0 radical (unpaired) electrons. The van der Waals surface area contributed by atoms with Gasteiger partial charge in [0.2, 0.25) is 11.1 Å². The number of ether oxygens (including phenoxy) is 1.